The van der Waals surface area contributed by atoms with E-state index in [4.69, 9.17) is 5.73 Å². The highest BCUT2D eigenvalue weighted by atomic mass is 19.1. The first-order valence-corrected chi connectivity index (χ1v) is 8.58. The number of allylic oxidation sites excluding steroid dienone is 2. The Morgan fingerprint density at radius 2 is 2.31 bits per heavy atom. The lowest BCUT2D eigenvalue weighted by Gasteiger charge is -2.33. The van der Waals surface area contributed by atoms with E-state index in [-0.39, 0.29) is 18.2 Å². The Balaban J connectivity index is 1.80. The minimum atomic E-state index is -0.967. The van der Waals surface area contributed by atoms with Crippen molar-refractivity contribution in [2.24, 2.45) is 5.73 Å². The molecule has 26 heavy (non-hydrogen) atoms. The standard InChI is InChI=1S/C18H20FN5O2/c19-13-7-21-17-15(16(13)24-6-2-4-12(20)10-24)14(8-22-17)23-5-1-3-11(9-23)18(25)26/h1,3,5,7-8,12H,2,4,6,9-10,20H2,(H,21,22)(H,25,26)/t12-/m1/s1. The number of nitrogens with zero attached hydrogens (tertiary/aromatic N) is 3. The number of aromatic nitrogens is 2. The van der Waals surface area contributed by atoms with Gasteiger partial charge in [0, 0.05) is 31.5 Å². The quantitative estimate of drug-likeness (QED) is 0.777. The number of nitrogens with one attached hydrogen (secondary N) is 1. The van der Waals surface area contributed by atoms with Crippen LogP contribution in [0.25, 0.3) is 11.0 Å². The van der Waals surface area contributed by atoms with Gasteiger partial charge in [-0.15, -0.1) is 0 Å². The van der Waals surface area contributed by atoms with Gasteiger partial charge in [0.1, 0.15) is 5.65 Å². The first-order valence-electron chi connectivity index (χ1n) is 8.58. The maximum Gasteiger partial charge on any atom is 0.333 e. The van der Waals surface area contributed by atoms with E-state index in [0.29, 0.717) is 29.0 Å². The molecule has 0 aromatic carbocycles. The van der Waals surface area contributed by atoms with Crippen LogP contribution in [0, 0.1) is 5.82 Å². The average molecular weight is 357 g/mol. The summed E-state index contributed by atoms with van der Waals surface area (Å²) in [7, 11) is 0. The summed E-state index contributed by atoms with van der Waals surface area (Å²) in [4.78, 5) is 22.3. The highest BCUT2D eigenvalue weighted by Gasteiger charge is 2.26. The normalized spacial score (nSPS) is 20.5. The van der Waals surface area contributed by atoms with Gasteiger partial charge >= 0.3 is 5.97 Å². The van der Waals surface area contributed by atoms with Crippen molar-refractivity contribution in [1.82, 2.24) is 9.97 Å². The predicted molar refractivity (Wildman–Crippen MR) is 97.7 cm³/mol. The molecule has 1 atom stereocenters. The van der Waals surface area contributed by atoms with Gasteiger partial charge in [0.15, 0.2) is 5.82 Å². The van der Waals surface area contributed by atoms with E-state index >= 15 is 0 Å². The van der Waals surface area contributed by atoms with E-state index < -0.39 is 11.8 Å². The van der Waals surface area contributed by atoms with E-state index in [1.165, 1.54) is 6.20 Å². The van der Waals surface area contributed by atoms with Crippen LogP contribution in [0.15, 0.2) is 36.3 Å². The number of piperidine rings is 1. The molecule has 2 aromatic rings. The summed E-state index contributed by atoms with van der Waals surface area (Å²) >= 11 is 0. The molecule has 4 N–H and O–H groups in total. The van der Waals surface area contributed by atoms with E-state index in [2.05, 4.69) is 9.97 Å². The molecule has 1 saturated heterocycles. The highest BCUT2D eigenvalue weighted by molar-refractivity contribution is 6.02. The number of nitrogens with two attached hydrogens (primary N) is 1. The fraction of sp³-hybridized carbons (Fsp3) is 0.333. The van der Waals surface area contributed by atoms with Gasteiger partial charge in [0.2, 0.25) is 0 Å². The SMILES string of the molecule is N[C@@H]1CCCN(c2c(F)cnc3[nH]cc(N4C=CC=C(C(=O)O)C4)c23)C1. The van der Waals surface area contributed by atoms with E-state index in [0.717, 1.165) is 19.4 Å². The van der Waals surface area contributed by atoms with Crippen molar-refractivity contribution in [1.29, 1.82) is 0 Å². The molecule has 0 radical (unpaired) electrons. The molecule has 0 spiro atoms. The van der Waals surface area contributed by atoms with Crippen LogP contribution in [-0.4, -0.2) is 46.7 Å². The Labute approximate surface area is 149 Å². The third-order valence-electron chi connectivity index (χ3n) is 4.87. The molecule has 2 aromatic heterocycles. The van der Waals surface area contributed by atoms with E-state index in [1.54, 1.807) is 29.4 Å². The number of anilines is 2. The van der Waals surface area contributed by atoms with Gasteiger partial charge in [0.05, 0.1) is 35.1 Å². The van der Waals surface area contributed by atoms with Crippen LogP contribution in [0.4, 0.5) is 15.8 Å². The number of fused-ring (bicyclic) bond motifs is 1. The summed E-state index contributed by atoms with van der Waals surface area (Å²) < 4.78 is 14.8. The largest absolute Gasteiger partial charge is 0.478 e. The summed E-state index contributed by atoms with van der Waals surface area (Å²) in [5, 5.41) is 9.92. The number of aromatic amines is 1. The summed E-state index contributed by atoms with van der Waals surface area (Å²) in [5.74, 6) is -1.37. The van der Waals surface area contributed by atoms with Crippen LogP contribution in [0.2, 0.25) is 0 Å². The van der Waals surface area contributed by atoms with Gasteiger partial charge < -0.3 is 25.6 Å². The minimum absolute atomic E-state index is 0.00480. The molecule has 7 nitrogen and oxygen atoms in total. The second-order valence-electron chi connectivity index (χ2n) is 6.67. The van der Waals surface area contributed by atoms with Gasteiger partial charge in [-0.25, -0.2) is 14.2 Å². The molecule has 0 bridgehead atoms. The Morgan fingerprint density at radius 3 is 3.08 bits per heavy atom. The van der Waals surface area contributed by atoms with Crippen LogP contribution in [0.1, 0.15) is 12.8 Å². The Morgan fingerprint density at radius 1 is 1.46 bits per heavy atom. The third kappa shape index (κ3) is 2.82. The molecule has 8 heteroatoms. The molecule has 0 saturated carbocycles. The van der Waals surface area contributed by atoms with Crippen molar-refractivity contribution >= 4 is 28.4 Å². The van der Waals surface area contributed by atoms with E-state index in [1.807, 2.05) is 4.90 Å². The molecular weight excluding hydrogens is 337 g/mol. The zero-order valence-corrected chi connectivity index (χ0v) is 14.2. The number of hydrogen-bond acceptors (Lipinski definition) is 5. The monoisotopic (exact) mass is 357 g/mol. The lowest BCUT2D eigenvalue weighted by Crippen LogP contribution is -2.43. The second-order valence-corrected chi connectivity index (χ2v) is 6.67. The van der Waals surface area contributed by atoms with Crippen molar-refractivity contribution in [2.45, 2.75) is 18.9 Å². The number of aliphatic carboxylic acids is 1. The van der Waals surface area contributed by atoms with Gasteiger partial charge in [0.25, 0.3) is 0 Å². The van der Waals surface area contributed by atoms with E-state index in [9.17, 15) is 14.3 Å². The summed E-state index contributed by atoms with van der Waals surface area (Å²) in [6.45, 7) is 1.51. The molecule has 0 amide bonds. The Hall–Kier alpha value is -2.87. The van der Waals surface area contributed by atoms with Crippen LogP contribution >= 0.6 is 0 Å². The molecule has 4 rings (SSSR count). The fourth-order valence-corrected chi connectivity index (χ4v) is 3.64. The lowest BCUT2D eigenvalue weighted by atomic mass is 10.0. The molecule has 2 aliphatic rings. The van der Waals surface area contributed by atoms with Crippen LogP contribution in [0.5, 0.6) is 0 Å². The Kier molecular flexibility index (Phi) is 4.12. The van der Waals surface area contributed by atoms with Crippen LogP contribution in [0.3, 0.4) is 0 Å². The molecule has 2 aliphatic heterocycles. The van der Waals surface area contributed by atoms with Crippen LogP contribution < -0.4 is 15.5 Å². The molecule has 0 unspecified atom stereocenters. The first kappa shape index (κ1) is 16.6. The third-order valence-corrected chi connectivity index (χ3v) is 4.87. The van der Waals surface area contributed by atoms with Crippen molar-refractivity contribution < 1.29 is 14.3 Å². The van der Waals surface area contributed by atoms with Crippen molar-refractivity contribution in [2.75, 3.05) is 29.4 Å². The van der Waals surface area contributed by atoms with Gasteiger partial charge in [-0.05, 0) is 25.0 Å². The summed E-state index contributed by atoms with van der Waals surface area (Å²) in [6, 6.07) is 0.00480. The zero-order chi connectivity index (χ0) is 18.3. The number of carbonyl (C=O) groups is 1. The number of pyridine rings is 1. The maximum atomic E-state index is 14.8. The second kappa shape index (κ2) is 6.45. The predicted octanol–water partition coefficient (Wildman–Crippen LogP) is 1.97. The van der Waals surface area contributed by atoms with Gasteiger partial charge in [-0.3, -0.25) is 0 Å². The molecule has 1 fully saturated rings. The topological polar surface area (TPSA) is 98.5 Å². The van der Waals surface area contributed by atoms with Crippen molar-refractivity contribution in [3.8, 4) is 0 Å². The minimum Gasteiger partial charge on any atom is -0.478 e. The maximum absolute atomic E-state index is 14.8. The summed E-state index contributed by atoms with van der Waals surface area (Å²) in [5.41, 5.74) is 8.09. The first-order chi connectivity index (χ1) is 12.5. The molecule has 136 valence electrons. The van der Waals surface area contributed by atoms with Gasteiger partial charge in [-0.1, -0.05) is 0 Å². The number of H-pyrrole nitrogens is 1. The molecular formula is C18H20FN5O2. The van der Waals surface area contributed by atoms with Crippen molar-refractivity contribution in [3.63, 3.8) is 0 Å². The number of hydrogen-bond donors (Lipinski definition) is 3. The van der Waals surface area contributed by atoms with Crippen molar-refractivity contribution in [3.05, 3.63) is 42.1 Å². The molecule has 4 heterocycles. The molecule has 0 aliphatic carbocycles. The summed E-state index contributed by atoms with van der Waals surface area (Å²) in [6.07, 6.45) is 9.80. The zero-order valence-electron chi connectivity index (χ0n) is 14.2. The number of carboxylic acid groups (broad SMARTS) is 1. The highest BCUT2D eigenvalue weighted by Crippen LogP contribution is 2.38. The van der Waals surface area contributed by atoms with Crippen LogP contribution in [-0.2, 0) is 4.79 Å². The number of rotatable bonds is 3. The average Bonchev–Trinajstić information content (AvgIpc) is 3.05. The number of carboxylic acids is 1. The Bertz CT molecular complexity index is 920. The smallest absolute Gasteiger partial charge is 0.333 e. The fourth-order valence-electron chi connectivity index (χ4n) is 3.64. The van der Waals surface area contributed by atoms with Gasteiger partial charge in [-0.2, -0.15) is 0 Å². The number of halogens is 1. The lowest BCUT2D eigenvalue weighted by molar-refractivity contribution is -0.132.